The van der Waals surface area contributed by atoms with Gasteiger partial charge in [0.15, 0.2) is 0 Å². The van der Waals surface area contributed by atoms with Crippen LogP contribution in [0.5, 0.6) is 5.88 Å². The Balaban J connectivity index is 1.49. The summed E-state index contributed by atoms with van der Waals surface area (Å²) in [5.74, 6) is 1.48. The van der Waals surface area contributed by atoms with E-state index in [4.69, 9.17) is 15.2 Å². The average molecular weight is 568 g/mol. The Bertz CT molecular complexity index is 1580. The molecule has 40 heavy (non-hydrogen) atoms. The first-order chi connectivity index (χ1) is 18.6. The second-order valence-electron chi connectivity index (χ2n) is 12.1. The first kappa shape index (κ1) is 28.2. The third-order valence-corrected chi connectivity index (χ3v) is 9.52. The number of fused-ring (bicyclic) bond motifs is 2. The molecule has 1 aliphatic carbocycles. The molecule has 4 heterocycles. The van der Waals surface area contributed by atoms with E-state index in [2.05, 4.69) is 20.3 Å². The van der Waals surface area contributed by atoms with Gasteiger partial charge in [-0.15, -0.1) is 0 Å². The molecule has 1 saturated carbocycles. The van der Waals surface area contributed by atoms with Gasteiger partial charge >= 0.3 is 5.97 Å². The molecule has 1 fully saturated rings. The van der Waals surface area contributed by atoms with Gasteiger partial charge in [0.05, 0.1) is 28.0 Å². The van der Waals surface area contributed by atoms with E-state index in [1.165, 1.54) is 6.26 Å². The Morgan fingerprint density at radius 2 is 1.90 bits per heavy atom. The van der Waals surface area contributed by atoms with Crippen LogP contribution in [0.1, 0.15) is 75.5 Å². The van der Waals surface area contributed by atoms with Crippen molar-refractivity contribution in [2.45, 2.75) is 82.8 Å². The summed E-state index contributed by atoms with van der Waals surface area (Å²) in [6.07, 6.45) is 7.26. The third kappa shape index (κ3) is 5.76. The predicted octanol–water partition coefficient (Wildman–Crippen LogP) is 4.43. The Morgan fingerprint density at radius 3 is 2.58 bits per heavy atom. The zero-order chi connectivity index (χ0) is 29.0. The maximum Gasteiger partial charge on any atom is 0.340 e. The molecule has 3 N–H and O–H groups in total. The van der Waals surface area contributed by atoms with Crippen LogP contribution in [0.2, 0.25) is 0 Å². The van der Waals surface area contributed by atoms with Crippen molar-refractivity contribution < 1.29 is 22.7 Å². The van der Waals surface area contributed by atoms with Crippen molar-refractivity contribution in [2.75, 3.05) is 11.6 Å². The summed E-state index contributed by atoms with van der Waals surface area (Å²) in [7, 11) is -3.18. The summed E-state index contributed by atoms with van der Waals surface area (Å²) >= 11 is 0. The predicted molar refractivity (Wildman–Crippen MR) is 154 cm³/mol. The van der Waals surface area contributed by atoms with Crippen molar-refractivity contribution in [1.82, 2.24) is 15.0 Å². The number of nitrogens with two attached hydrogens (primary N) is 1. The van der Waals surface area contributed by atoms with Crippen LogP contribution in [0.15, 0.2) is 30.6 Å². The molecule has 0 bridgehead atoms. The lowest BCUT2D eigenvalue weighted by molar-refractivity contribution is -0.00714. The van der Waals surface area contributed by atoms with Gasteiger partial charge < -0.3 is 20.5 Å². The van der Waals surface area contributed by atoms with Crippen molar-refractivity contribution >= 4 is 38.2 Å². The van der Waals surface area contributed by atoms with Gasteiger partial charge in [0.1, 0.15) is 27.1 Å². The van der Waals surface area contributed by atoms with Crippen LogP contribution in [0.4, 0.5) is 11.6 Å². The molecule has 10 nitrogen and oxygen atoms in total. The van der Waals surface area contributed by atoms with Crippen LogP contribution in [-0.4, -0.2) is 52.5 Å². The van der Waals surface area contributed by atoms with Gasteiger partial charge in [0.25, 0.3) is 0 Å². The lowest BCUT2D eigenvalue weighted by Gasteiger charge is -2.30. The molecular weight excluding hydrogens is 530 g/mol. The topological polar surface area (TPSA) is 146 Å². The molecule has 3 atom stereocenters. The summed E-state index contributed by atoms with van der Waals surface area (Å²) in [6, 6.07) is 5.36. The molecule has 11 heteroatoms. The first-order valence-corrected chi connectivity index (χ1v) is 15.5. The van der Waals surface area contributed by atoms with E-state index in [0.717, 1.165) is 23.8 Å². The van der Waals surface area contributed by atoms with Crippen molar-refractivity contribution in [2.24, 2.45) is 11.7 Å². The molecular formula is C29H37N5O5S. The highest BCUT2D eigenvalue weighted by atomic mass is 32.2. The second kappa shape index (κ2) is 9.95. The minimum atomic E-state index is -3.18. The van der Waals surface area contributed by atoms with Crippen LogP contribution >= 0.6 is 0 Å². The number of anilines is 2. The van der Waals surface area contributed by atoms with Gasteiger partial charge in [-0.05, 0) is 82.5 Å². The number of ether oxygens (including phenoxy) is 2. The molecule has 2 aliphatic rings. The van der Waals surface area contributed by atoms with Gasteiger partial charge in [-0.1, -0.05) is 0 Å². The highest BCUT2D eigenvalue weighted by Gasteiger charge is 2.41. The van der Waals surface area contributed by atoms with E-state index in [1.807, 2.05) is 33.8 Å². The van der Waals surface area contributed by atoms with Crippen molar-refractivity contribution in [3.63, 3.8) is 0 Å². The van der Waals surface area contributed by atoms with Gasteiger partial charge in [-0.3, -0.25) is 0 Å². The van der Waals surface area contributed by atoms with E-state index in [9.17, 15) is 13.2 Å². The lowest BCUT2D eigenvalue weighted by Crippen LogP contribution is -2.36. The fourth-order valence-corrected chi connectivity index (χ4v) is 5.87. The Kier molecular flexibility index (Phi) is 7.02. The van der Waals surface area contributed by atoms with E-state index in [1.54, 1.807) is 31.5 Å². The number of carbonyl (C=O) groups excluding carboxylic acids is 1. The number of hydrogen-bond donors (Lipinski definition) is 2. The van der Waals surface area contributed by atoms with Crippen LogP contribution in [0.25, 0.3) is 10.8 Å². The van der Waals surface area contributed by atoms with Gasteiger partial charge in [0, 0.05) is 37.0 Å². The van der Waals surface area contributed by atoms with E-state index < -0.39 is 26.2 Å². The zero-order valence-electron chi connectivity index (χ0n) is 23.8. The van der Waals surface area contributed by atoms with Gasteiger partial charge in [-0.2, -0.15) is 0 Å². The number of sulfone groups is 1. The summed E-state index contributed by atoms with van der Waals surface area (Å²) in [4.78, 5) is 26.3. The summed E-state index contributed by atoms with van der Waals surface area (Å²) in [6.45, 7) is 9.27. The quantitative estimate of drug-likeness (QED) is 0.356. The number of nitrogens with zero attached hydrogens (tertiary/aromatic N) is 3. The number of aromatic nitrogens is 3. The van der Waals surface area contributed by atoms with Crippen LogP contribution in [0, 0.1) is 5.92 Å². The van der Waals surface area contributed by atoms with Crippen LogP contribution in [0.3, 0.4) is 0 Å². The van der Waals surface area contributed by atoms with E-state index >= 15 is 0 Å². The average Bonchev–Trinajstić information content (AvgIpc) is 3.68. The SMILES string of the molecule is C[C@H](C[C@@H](C)S(C)(=O)=O)Oc1ncc([C@](C)(N)C2CC2)c2cc(Nc3ccc4c(n3)CC(C)(C)OC4=O)ncc12. The highest BCUT2D eigenvalue weighted by molar-refractivity contribution is 7.91. The van der Waals surface area contributed by atoms with Gasteiger partial charge in [0.2, 0.25) is 5.88 Å². The fraction of sp³-hybridized carbons (Fsp3) is 0.517. The number of rotatable bonds is 9. The number of nitrogens with one attached hydrogen (secondary N) is 1. The molecule has 1 aliphatic heterocycles. The van der Waals surface area contributed by atoms with Crippen LogP contribution < -0.4 is 15.8 Å². The Hall–Kier alpha value is -3.31. The fourth-order valence-electron chi connectivity index (χ4n) is 5.25. The van der Waals surface area contributed by atoms with Gasteiger partial charge in [-0.25, -0.2) is 28.2 Å². The smallest absolute Gasteiger partial charge is 0.340 e. The standard InChI is InChI=1S/C29H37N5O5S/c1-16(11-17(2)40(6,36)37)38-26-21-14-31-25(12-20(21)22(15-32-26)29(5,30)18-7-8-18)34-24-10-9-19-23(33-24)13-28(3,4)39-27(19)35/h9-10,12,14-18H,7-8,11,13,30H2,1-6H3,(H,31,33,34)/t16-,17-,29-/m1/s1. The number of carbonyl (C=O) groups is 1. The normalized spacial score (nSPS) is 19.7. The molecule has 0 saturated heterocycles. The van der Waals surface area contributed by atoms with Crippen molar-refractivity contribution in [3.8, 4) is 5.88 Å². The van der Waals surface area contributed by atoms with Crippen molar-refractivity contribution in [3.05, 3.63) is 47.4 Å². The zero-order valence-corrected chi connectivity index (χ0v) is 24.6. The molecule has 0 amide bonds. The minimum Gasteiger partial charge on any atom is -0.474 e. The monoisotopic (exact) mass is 567 g/mol. The molecule has 3 aromatic rings. The maximum atomic E-state index is 12.4. The molecule has 214 valence electrons. The largest absolute Gasteiger partial charge is 0.474 e. The Labute approximate surface area is 235 Å². The third-order valence-electron chi connectivity index (χ3n) is 7.86. The summed E-state index contributed by atoms with van der Waals surface area (Å²) < 4.78 is 35.5. The second-order valence-corrected chi connectivity index (χ2v) is 14.6. The molecule has 0 unspecified atom stereocenters. The number of pyridine rings is 3. The summed E-state index contributed by atoms with van der Waals surface area (Å²) in [5, 5.41) is 4.28. The summed E-state index contributed by atoms with van der Waals surface area (Å²) in [5.41, 5.74) is 7.67. The molecule has 0 spiro atoms. The van der Waals surface area contributed by atoms with Crippen molar-refractivity contribution in [1.29, 1.82) is 0 Å². The lowest BCUT2D eigenvalue weighted by atomic mass is 9.86. The number of hydrogen-bond acceptors (Lipinski definition) is 10. The number of esters is 1. The Morgan fingerprint density at radius 1 is 1.18 bits per heavy atom. The highest BCUT2D eigenvalue weighted by Crippen LogP contribution is 2.46. The first-order valence-electron chi connectivity index (χ1n) is 13.6. The van der Waals surface area contributed by atoms with E-state index in [-0.39, 0.29) is 12.1 Å². The number of cyclic esters (lactones) is 1. The van der Waals surface area contributed by atoms with Crippen LogP contribution in [-0.2, 0) is 26.5 Å². The molecule has 5 rings (SSSR count). The maximum absolute atomic E-state index is 12.4. The van der Waals surface area contributed by atoms with E-state index in [0.29, 0.717) is 52.9 Å². The minimum absolute atomic E-state index is 0.335. The molecule has 0 aromatic carbocycles. The molecule has 3 aromatic heterocycles. The molecule has 0 radical (unpaired) electrons.